The number of hydrogen-bond acceptors (Lipinski definition) is 3. The van der Waals surface area contributed by atoms with Gasteiger partial charge in [0.05, 0.1) is 6.10 Å². The highest BCUT2D eigenvalue weighted by Gasteiger charge is 2.32. The van der Waals surface area contributed by atoms with E-state index in [0.717, 1.165) is 19.4 Å². The Balaban J connectivity index is 1.78. The third-order valence-electron chi connectivity index (χ3n) is 4.77. The smallest absolute Gasteiger partial charge is 0.248 e. The highest BCUT2D eigenvalue weighted by molar-refractivity contribution is 5.78. The van der Waals surface area contributed by atoms with Crippen LogP contribution in [0.1, 0.15) is 46.0 Å². The van der Waals surface area contributed by atoms with Crippen LogP contribution < -0.4 is 5.73 Å². The lowest BCUT2D eigenvalue weighted by molar-refractivity contribution is -0.140. The van der Waals surface area contributed by atoms with Gasteiger partial charge in [-0.3, -0.25) is 4.79 Å². The highest BCUT2D eigenvalue weighted by atomic mass is 16.5. The molecule has 1 aliphatic carbocycles. The summed E-state index contributed by atoms with van der Waals surface area (Å²) < 4.78 is 5.86. The minimum Gasteiger partial charge on any atom is -0.368 e. The van der Waals surface area contributed by atoms with Gasteiger partial charge in [0, 0.05) is 12.6 Å². The standard InChI is InChI=1S/C15H28N2O2/c1-11-5-3-4-6-14(11)19-10-15(18)17-9-13(8-16)7-12(17)2/h11-14H,3-10,16H2,1-2H3. The zero-order valence-electron chi connectivity index (χ0n) is 12.3. The molecule has 4 unspecified atom stereocenters. The molecule has 0 aromatic rings. The Hall–Kier alpha value is -0.610. The van der Waals surface area contributed by atoms with Crippen LogP contribution in [0.5, 0.6) is 0 Å². The van der Waals surface area contributed by atoms with E-state index in [1.807, 2.05) is 4.90 Å². The van der Waals surface area contributed by atoms with Gasteiger partial charge in [-0.1, -0.05) is 19.8 Å². The molecule has 2 fully saturated rings. The molecule has 0 radical (unpaired) electrons. The average Bonchev–Trinajstić information content (AvgIpc) is 2.79. The van der Waals surface area contributed by atoms with Crippen molar-refractivity contribution in [3.8, 4) is 0 Å². The molecular weight excluding hydrogens is 240 g/mol. The summed E-state index contributed by atoms with van der Waals surface area (Å²) in [4.78, 5) is 14.2. The Morgan fingerprint density at radius 2 is 2.05 bits per heavy atom. The Kier molecular flexibility index (Phi) is 5.22. The van der Waals surface area contributed by atoms with Crippen molar-refractivity contribution in [2.45, 2.75) is 58.1 Å². The molecule has 1 aliphatic heterocycles. The van der Waals surface area contributed by atoms with Gasteiger partial charge >= 0.3 is 0 Å². The number of amides is 1. The quantitative estimate of drug-likeness (QED) is 0.845. The summed E-state index contributed by atoms with van der Waals surface area (Å²) in [6, 6.07) is 0.313. The molecule has 1 saturated carbocycles. The van der Waals surface area contributed by atoms with Crippen molar-refractivity contribution in [1.29, 1.82) is 0 Å². The number of ether oxygens (including phenoxy) is 1. The third-order valence-corrected chi connectivity index (χ3v) is 4.77. The molecule has 19 heavy (non-hydrogen) atoms. The molecule has 4 heteroatoms. The molecule has 1 amide bonds. The third kappa shape index (κ3) is 3.69. The summed E-state index contributed by atoms with van der Waals surface area (Å²) in [5.74, 6) is 1.20. The van der Waals surface area contributed by atoms with Gasteiger partial charge in [0.25, 0.3) is 0 Å². The lowest BCUT2D eigenvalue weighted by Gasteiger charge is -2.29. The number of nitrogens with zero attached hydrogens (tertiary/aromatic N) is 1. The topological polar surface area (TPSA) is 55.6 Å². The largest absolute Gasteiger partial charge is 0.368 e. The minimum absolute atomic E-state index is 0.140. The molecule has 4 nitrogen and oxygen atoms in total. The van der Waals surface area contributed by atoms with E-state index in [2.05, 4.69) is 13.8 Å². The molecule has 0 aromatic heterocycles. The number of carbonyl (C=O) groups excluding carboxylic acids is 1. The van der Waals surface area contributed by atoms with Gasteiger partial charge in [-0.15, -0.1) is 0 Å². The lowest BCUT2D eigenvalue weighted by atomic mass is 9.88. The van der Waals surface area contributed by atoms with Gasteiger partial charge in [0.15, 0.2) is 0 Å². The van der Waals surface area contributed by atoms with Crippen molar-refractivity contribution in [2.75, 3.05) is 19.7 Å². The second-order valence-corrected chi connectivity index (χ2v) is 6.34. The van der Waals surface area contributed by atoms with Crippen molar-refractivity contribution in [3.05, 3.63) is 0 Å². The number of nitrogens with two attached hydrogens (primary N) is 1. The molecule has 2 aliphatic rings. The number of carbonyl (C=O) groups is 1. The van der Waals surface area contributed by atoms with Crippen molar-refractivity contribution in [3.63, 3.8) is 0 Å². The van der Waals surface area contributed by atoms with Crippen molar-refractivity contribution in [1.82, 2.24) is 4.90 Å². The van der Waals surface area contributed by atoms with E-state index in [0.29, 0.717) is 24.4 Å². The van der Waals surface area contributed by atoms with Crippen LogP contribution in [-0.4, -0.2) is 42.6 Å². The molecule has 4 atom stereocenters. The van der Waals surface area contributed by atoms with Crippen LogP contribution >= 0.6 is 0 Å². The molecule has 2 rings (SSSR count). The van der Waals surface area contributed by atoms with E-state index in [1.165, 1.54) is 19.3 Å². The molecule has 0 spiro atoms. The summed E-state index contributed by atoms with van der Waals surface area (Å²) in [6.07, 6.45) is 6.18. The number of hydrogen-bond donors (Lipinski definition) is 1. The van der Waals surface area contributed by atoms with Crippen molar-refractivity contribution in [2.24, 2.45) is 17.6 Å². The molecular formula is C15H28N2O2. The first kappa shape index (κ1) is 14.8. The Bertz CT molecular complexity index is 309. The fourth-order valence-corrected chi connectivity index (χ4v) is 3.45. The first-order valence-electron chi connectivity index (χ1n) is 7.73. The molecule has 1 heterocycles. The predicted molar refractivity (Wildman–Crippen MR) is 75.7 cm³/mol. The molecule has 110 valence electrons. The summed E-state index contributed by atoms with van der Waals surface area (Å²) in [7, 11) is 0. The summed E-state index contributed by atoms with van der Waals surface area (Å²) in [5.41, 5.74) is 5.70. The zero-order valence-corrected chi connectivity index (χ0v) is 12.3. The maximum absolute atomic E-state index is 12.2. The molecule has 0 bridgehead atoms. The van der Waals surface area contributed by atoms with Crippen LogP contribution in [0.15, 0.2) is 0 Å². The second kappa shape index (κ2) is 6.71. The van der Waals surface area contributed by atoms with Gasteiger partial charge in [-0.2, -0.15) is 0 Å². The van der Waals surface area contributed by atoms with Crippen LogP contribution in [0.25, 0.3) is 0 Å². The van der Waals surface area contributed by atoms with Crippen molar-refractivity contribution < 1.29 is 9.53 Å². The monoisotopic (exact) mass is 268 g/mol. The van der Waals surface area contributed by atoms with E-state index < -0.39 is 0 Å². The average molecular weight is 268 g/mol. The number of rotatable bonds is 4. The van der Waals surface area contributed by atoms with Gasteiger partial charge in [0.1, 0.15) is 6.61 Å². The van der Waals surface area contributed by atoms with Gasteiger partial charge in [0.2, 0.25) is 5.91 Å². The van der Waals surface area contributed by atoms with Crippen LogP contribution in [-0.2, 0) is 9.53 Å². The Morgan fingerprint density at radius 1 is 1.32 bits per heavy atom. The second-order valence-electron chi connectivity index (χ2n) is 6.34. The predicted octanol–water partition coefficient (Wildman–Crippen LogP) is 1.78. The maximum Gasteiger partial charge on any atom is 0.248 e. The van der Waals surface area contributed by atoms with E-state index in [4.69, 9.17) is 10.5 Å². The van der Waals surface area contributed by atoms with Gasteiger partial charge < -0.3 is 15.4 Å². The molecule has 0 aromatic carbocycles. The van der Waals surface area contributed by atoms with E-state index in [1.54, 1.807) is 0 Å². The first-order valence-corrected chi connectivity index (χ1v) is 7.73. The minimum atomic E-state index is 0.140. The van der Waals surface area contributed by atoms with Crippen LogP contribution in [0, 0.1) is 11.8 Å². The molecule has 2 N–H and O–H groups in total. The zero-order chi connectivity index (χ0) is 13.8. The lowest BCUT2D eigenvalue weighted by Crippen LogP contribution is -2.39. The van der Waals surface area contributed by atoms with Crippen LogP contribution in [0.3, 0.4) is 0 Å². The summed E-state index contributed by atoms with van der Waals surface area (Å²) in [6.45, 7) is 6.07. The van der Waals surface area contributed by atoms with E-state index in [-0.39, 0.29) is 18.6 Å². The summed E-state index contributed by atoms with van der Waals surface area (Å²) >= 11 is 0. The van der Waals surface area contributed by atoms with E-state index >= 15 is 0 Å². The van der Waals surface area contributed by atoms with Crippen molar-refractivity contribution >= 4 is 5.91 Å². The van der Waals surface area contributed by atoms with Crippen LogP contribution in [0.4, 0.5) is 0 Å². The van der Waals surface area contributed by atoms with Gasteiger partial charge in [-0.05, 0) is 44.6 Å². The first-order chi connectivity index (χ1) is 9.11. The Labute approximate surface area is 116 Å². The van der Waals surface area contributed by atoms with Crippen LogP contribution in [0.2, 0.25) is 0 Å². The maximum atomic E-state index is 12.2. The van der Waals surface area contributed by atoms with Gasteiger partial charge in [-0.25, -0.2) is 0 Å². The Morgan fingerprint density at radius 3 is 2.68 bits per heavy atom. The van der Waals surface area contributed by atoms with E-state index in [9.17, 15) is 4.79 Å². The normalized spacial score (nSPS) is 35.6. The number of likely N-dealkylation sites (tertiary alicyclic amines) is 1. The highest BCUT2D eigenvalue weighted by Crippen LogP contribution is 2.27. The molecule has 1 saturated heterocycles. The fraction of sp³-hybridized carbons (Fsp3) is 0.933. The SMILES string of the molecule is CC1CCCCC1OCC(=O)N1CC(CN)CC1C. The fourth-order valence-electron chi connectivity index (χ4n) is 3.45. The summed E-state index contributed by atoms with van der Waals surface area (Å²) in [5, 5.41) is 0.